The van der Waals surface area contributed by atoms with Crippen molar-refractivity contribution in [2.24, 2.45) is 0 Å². The monoisotopic (exact) mass is 265 g/mol. The number of carbonyl (C=O) groups is 3. The molecule has 1 atom stereocenters. The number of rotatable bonds is 2. The number of allylic oxidation sites excluding steroid dienone is 1. The molecule has 0 aromatic heterocycles. The van der Waals surface area contributed by atoms with Crippen LogP contribution in [0.25, 0.3) is 0 Å². The molecule has 1 spiro atoms. The smallest absolute Gasteiger partial charge is 0.322 e. The number of imide groups is 1. The van der Waals surface area contributed by atoms with Crippen molar-refractivity contribution in [3.63, 3.8) is 0 Å². The van der Waals surface area contributed by atoms with Crippen LogP contribution in [0.4, 0.5) is 4.79 Å². The molecule has 2 rings (SSSR count). The van der Waals surface area contributed by atoms with E-state index in [1.807, 2.05) is 13.0 Å². The summed E-state index contributed by atoms with van der Waals surface area (Å²) in [6, 6.07) is -0.472. The molecule has 0 radical (unpaired) electrons. The second-order valence-corrected chi connectivity index (χ2v) is 5.12. The Balaban J connectivity index is 2.14. The number of urea groups is 1. The van der Waals surface area contributed by atoms with Crippen molar-refractivity contribution >= 4 is 17.8 Å². The fraction of sp³-hybridized carbons (Fsp3) is 0.615. The lowest BCUT2D eigenvalue weighted by molar-refractivity contribution is -0.133. The van der Waals surface area contributed by atoms with E-state index in [2.05, 4.69) is 10.6 Å². The topological polar surface area (TPSA) is 78.5 Å². The van der Waals surface area contributed by atoms with Gasteiger partial charge in [-0.3, -0.25) is 14.9 Å². The minimum atomic E-state index is -0.933. The minimum Gasteiger partial charge on any atom is -0.336 e. The van der Waals surface area contributed by atoms with E-state index in [1.54, 1.807) is 11.8 Å². The van der Waals surface area contributed by atoms with Crippen LogP contribution in [0.3, 0.4) is 0 Å². The van der Waals surface area contributed by atoms with Gasteiger partial charge in [0.2, 0.25) is 5.91 Å². The van der Waals surface area contributed by atoms with Crippen molar-refractivity contribution in [3.8, 4) is 0 Å². The third kappa shape index (κ3) is 2.47. The van der Waals surface area contributed by atoms with E-state index < -0.39 is 11.6 Å². The molecule has 4 amide bonds. The summed E-state index contributed by atoms with van der Waals surface area (Å²) in [5, 5.41) is 4.91. The summed E-state index contributed by atoms with van der Waals surface area (Å²) in [5.41, 5.74) is -0.249. The summed E-state index contributed by atoms with van der Waals surface area (Å²) in [6.07, 6.45) is 3.95. The number of nitrogens with one attached hydrogen (secondary N) is 2. The number of amides is 4. The number of carbonyl (C=O) groups excluding carboxylic acids is 3. The molecule has 2 fully saturated rings. The molecule has 19 heavy (non-hydrogen) atoms. The number of piperidine rings is 1. The molecule has 1 unspecified atom stereocenters. The van der Waals surface area contributed by atoms with Crippen LogP contribution in [0.5, 0.6) is 0 Å². The largest absolute Gasteiger partial charge is 0.336 e. The Morgan fingerprint density at radius 3 is 2.79 bits per heavy atom. The lowest BCUT2D eigenvalue weighted by Crippen LogP contribution is -2.59. The Hall–Kier alpha value is -1.85. The van der Waals surface area contributed by atoms with E-state index in [9.17, 15) is 14.4 Å². The lowest BCUT2D eigenvalue weighted by Gasteiger charge is -2.38. The van der Waals surface area contributed by atoms with Crippen LogP contribution in [0.2, 0.25) is 0 Å². The molecule has 6 heteroatoms. The zero-order chi connectivity index (χ0) is 14.0. The molecule has 0 aromatic carbocycles. The second kappa shape index (κ2) is 5.03. The molecular weight excluding hydrogens is 246 g/mol. The van der Waals surface area contributed by atoms with E-state index in [4.69, 9.17) is 0 Å². The standard InChI is InChI=1S/C13H19N3O3/c1-3-5-9(2)10(17)16-7-4-6-13(8-16)11(18)14-12(19)15-13/h5H,3-4,6-8H2,1-2H3,(H2,14,15,18,19)/b9-5-. The number of hydrogen-bond acceptors (Lipinski definition) is 3. The zero-order valence-corrected chi connectivity index (χ0v) is 11.3. The van der Waals surface area contributed by atoms with Crippen LogP contribution < -0.4 is 10.6 Å². The van der Waals surface area contributed by atoms with Crippen LogP contribution in [-0.4, -0.2) is 41.4 Å². The summed E-state index contributed by atoms with van der Waals surface area (Å²) in [6.45, 7) is 4.62. The zero-order valence-electron chi connectivity index (χ0n) is 11.3. The third-order valence-electron chi connectivity index (χ3n) is 3.64. The first kappa shape index (κ1) is 13.6. The highest BCUT2D eigenvalue weighted by Gasteiger charge is 2.49. The number of likely N-dealkylation sites (tertiary alicyclic amines) is 1. The Labute approximate surface area is 112 Å². The molecule has 0 aromatic rings. The fourth-order valence-corrected chi connectivity index (χ4v) is 2.69. The minimum absolute atomic E-state index is 0.0603. The van der Waals surface area contributed by atoms with Gasteiger partial charge in [0.1, 0.15) is 5.54 Å². The maximum Gasteiger partial charge on any atom is 0.322 e. The van der Waals surface area contributed by atoms with E-state index in [0.717, 1.165) is 6.42 Å². The molecule has 0 bridgehead atoms. The number of nitrogens with zero attached hydrogens (tertiary/aromatic N) is 1. The molecule has 2 aliphatic heterocycles. The van der Waals surface area contributed by atoms with Crippen LogP contribution in [-0.2, 0) is 9.59 Å². The van der Waals surface area contributed by atoms with Crippen LogP contribution in [0, 0.1) is 0 Å². The van der Waals surface area contributed by atoms with Gasteiger partial charge in [0.25, 0.3) is 5.91 Å². The van der Waals surface area contributed by atoms with Gasteiger partial charge in [0.15, 0.2) is 0 Å². The van der Waals surface area contributed by atoms with E-state index in [-0.39, 0.29) is 18.4 Å². The first-order valence-corrected chi connectivity index (χ1v) is 6.58. The summed E-state index contributed by atoms with van der Waals surface area (Å²) in [7, 11) is 0. The van der Waals surface area contributed by atoms with Gasteiger partial charge in [-0.15, -0.1) is 0 Å². The van der Waals surface area contributed by atoms with E-state index in [1.165, 1.54) is 0 Å². The molecule has 0 aliphatic carbocycles. The van der Waals surface area contributed by atoms with Crippen molar-refractivity contribution in [3.05, 3.63) is 11.6 Å². The highest BCUT2D eigenvalue weighted by Crippen LogP contribution is 2.25. The summed E-state index contributed by atoms with van der Waals surface area (Å²) >= 11 is 0. The van der Waals surface area contributed by atoms with Gasteiger partial charge in [-0.1, -0.05) is 13.0 Å². The summed E-state index contributed by atoms with van der Waals surface area (Å²) in [5.74, 6) is -0.387. The van der Waals surface area contributed by atoms with Crippen molar-refractivity contribution < 1.29 is 14.4 Å². The first-order valence-electron chi connectivity index (χ1n) is 6.58. The fourth-order valence-electron chi connectivity index (χ4n) is 2.69. The summed E-state index contributed by atoms with van der Waals surface area (Å²) < 4.78 is 0. The van der Waals surface area contributed by atoms with Gasteiger partial charge in [-0.05, 0) is 26.2 Å². The lowest BCUT2D eigenvalue weighted by atomic mass is 9.89. The molecule has 0 saturated carbocycles. The normalized spacial score (nSPS) is 27.5. The number of hydrogen-bond donors (Lipinski definition) is 2. The van der Waals surface area contributed by atoms with Crippen molar-refractivity contribution in [2.45, 2.75) is 38.6 Å². The highest BCUT2D eigenvalue weighted by atomic mass is 16.2. The van der Waals surface area contributed by atoms with Crippen molar-refractivity contribution in [1.82, 2.24) is 15.5 Å². The van der Waals surface area contributed by atoms with Gasteiger partial charge in [-0.2, -0.15) is 0 Å². The second-order valence-electron chi connectivity index (χ2n) is 5.12. The van der Waals surface area contributed by atoms with Crippen molar-refractivity contribution in [1.29, 1.82) is 0 Å². The molecule has 2 aliphatic rings. The Morgan fingerprint density at radius 2 is 2.21 bits per heavy atom. The van der Waals surface area contributed by atoms with Crippen LogP contribution in [0.1, 0.15) is 33.1 Å². The molecule has 2 saturated heterocycles. The van der Waals surface area contributed by atoms with Crippen molar-refractivity contribution in [2.75, 3.05) is 13.1 Å². The highest BCUT2D eigenvalue weighted by molar-refractivity contribution is 6.07. The molecule has 104 valence electrons. The van der Waals surface area contributed by atoms with Gasteiger partial charge in [0, 0.05) is 12.1 Å². The molecular formula is C13H19N3O3. The molecule has 2 heterocycles. The average Bonchev–Trinajstić information content (AvgIpc) is 2.63. The first-order chi connectivity index (χ1) is 8.98. The average molecular weight is 265 g/mol. The van der Waals surface area contributed by atoms with Crippen LogP contribution >= 0.6 is 0 Å². The molecule has 6 nitrogen and oxygen atoms in total. The third-order valence-corrected chi connectivity index (χ3v) is 3.64. The SMILES string of the molecule is CC/C=C(/C)C(=O)N1CCCC2(C1)NC(=O)NC2=O. The van der Waals surface area contributed by atoms with Gasteiger partial charge in [-0.25, -0.2) is 4.79 Å². The van der Waals surface area contributed by atoms with Crippen LogP contribution in [0.15, 0.2) is 11.6 Å². The van der Waals surface area contributed by atoms with E-state index in [0.29, 0.717) is 25.0 Å². The Bertz CT molecular complexity index is 458. The Kier molecular flexibility index (Phi) is 3.59. The predicted molar refractivity (Wildman–Crippen MR) is 69.3 cm³/mol. The maximum absolute atomic E-state index is 12.2. The van der Waals surface area contributed by atoms with Gasteiger partial charge in [0.05, 0.1) is 6.54 Å². The summed E-state index contributed by atoms with van der Waals surface area (Å²) in [4.78, 5) is 37.0. The van der Waals surface area contributed by atoms with E-state index >= 15 is 0 Å². The maximum atomic E-state index is 12.2. The Morgan fingerprint density at radius 1 is 1.47 bits per heavy atom. The van der Waals surface area contributed by atoms with Gasteiger partial charge < -0.3 is 10.2 Å². The predicted octanol–water partition coefficient (Wildman–Crippen LogP) is 0.543. The van der Waals surface area contributed by atoms with Gasteiger partial charge >= 0.3 is 6.03 Å². The molecule has 2 N–H and O–H groups in total. The quantitative estimate of drug-likeness (QED) is 0.565.